The van der Waals surface area contributed by atoms with Gasteiger partial charge in [-0.2, -0.15) is 0 Å². The van der Waals surface area contributed by atoms with E-state index in [0.717, 1.165) is 5.76 Å². The second-order valence-electron chi connectivity index (χ2n) is 3.74. The lowest BCUT2D eigenvalue weighted by Gasteiger charge is -2.11. The summed E-state index contributed by atoms with van der Waals surface area (Å²) < 4.78 is 10.6. The van der Waals surface area contributed by atoms with Crippen LogP contribution in [0.3, 0.4) is 0 Å². The zero-order valence-electron chi connectivity index (χ0n) is 9.46. The maximum atomic E-state index is 9.79. The fraction of sp³-hybridized carbons (Fsp3) is 0.231. The first kappa shape index (κ1) is 11.5. The summed E-state index contributed by atoms with van der Waals surface area (Å²) in [5.41, 5.74) is 0. The Morgan fingerprint density at radius 1 is 1.24 bits per heavy atom. The summed E-state index contributed by atoms with van der Waals surface area (Å²) in [5, 5.41) is 19.3. The van der Waals surface area contributed by atoms with Crippen LogP contribution in [-0.2, 0) is 0 Å². The van der Waals surface area contributed by atoms with Gasteiger partial charge in [0, 0.05) is 0 Å². The fourth-order valence-electron chi connectivity index (χ4n) is 1.46. The number of aryl methyl sites for hydroxylation is 1. The number of ether oxygens (including phenoxy) is 1. The third kappa shape index (κ3) is 2.79. The molecule has 0 saturated carbocycles. The number of furan rings is 1. The Morgan fingerprint density at radius 3 is 2.65 bits per heavy atom. The molecule has 1 aromatic heterocycles. The van der Waals surface area contributed by atoms with Gasteiger partial charge in [0.2, 0.25) is 0 Å². The van der Waals surface area contributed by atoms with Gasteiger partial charge < -0.3 is 19.4 Å². The van der Waals surface area contributed by atoms with E-state index in [2.05, 4.69) is 0 Å². The fourth-order valence-corrected chi connectivity index (χ4v) is 1.46. The minimum absolute atomic E-state index is 0.0323. The Morgan fingerprint density at radius 2 is 2.00 bits per heavy atom. The highest BCUT2D eigenvalue weighted by atomic mass is 16.5. The Labute approximate surface area is 99.1 Å². The second kappa shape index (κ2) is 4.93. The number of para-hydroxylation sites is 2. The van der Waals surface area contributed by atoms with Gasteiger partial charge in [-0.25, -0.2) is 0 Å². The number of rotatable bonds is 4. The average molecular weight is 234 g/mol. The molecule has 0 spiro atoms. The monoisotopic (exact) mass is 234 g/mol. The molecule has 0 aliphatic carbocycles. The summed E-state index contributed by atoms with van der Waals surface area (Å²) in [6.45, 7) is 1.84. The zero-order valence-corrected chi connectivity index (χ0v) is 9.46. The van der Waals surface area contributed by atoms with Crippen molar-refractivity contribution in [3.63, 3.8) is 0 Å². The molecule has 2 aromatic rings. The molecule has 2 rings (SSSR count). The number of aliphatic hydroxyl groups excluding tert-OH is 1. The highest BCUT2D eigenvalue weighted by molar-refractivity contribution is 5.37. The van der Waals surface area contributed by atoms with Crippen molar-refractivity contribution in [2.45, 2.75) is 13.0 Å². The number of phenols is 1. The lowest BCUT2D eigenvalue weighted by molar-refractivity contribution is 0.0867. The molecule has 1 unspecified atom stereocenters. The quantitative estimate of drug-likeness (QED) is 0.852. The Balaban J connectivity index is 1.97. The summed E-state index contributed by atoms with van der Waals surface area (Å²) in [4.78, 5) is 0. The Bertz CT molecular complexity index is 490. The summed E-state index contributed by atoms with van der Waals surface area (Å²) in [6.07, 6.45) is -0.844. The minimum Gasteiger partial charge on any atom is -0.504 e. The molecule has 4 nitrogen and oxygen atoms in total. The molecular weight excluding hydrogens is 220 g/mol. The van der Waals surface area contributed by atoms with Crippen LogP contribution in [0.5, 0.6) is 11.5 Å². The molecule has 0 amide bonds. The van der Waals surface area contributed by atoms with E-state index in [4.69, 9.17) is 9.15 Å². The predicted octanol–water partition coefficient (Wildman–Crippen LogP) is 2.41. The summed E-state index contributed by atoms with van der Waals surface area (Å²) in [5.74, 6) is 1.59. The van der Waals surface area contributed by atoms with Crippen molar-refractivity contribution < 1.29 is 19.4 Å². The Kier molecular flexibility index (Phi) is 3.35. The number of benzene rings is 1. The number of aromatic hydroxyl groups is 1. The van der Waals surface area contributed by atoms with Crippen LogP contribution in [0, 0.1) is 6.92 Å². The van der Waals surface area contributed by atoms with Crippen LogP contribution < -0.4 is 4.74 Å². The molecule has 90 valence electrons. The van der Waals surface area contributed by atoms with E-state index < -0.39 is 6.10 Å². The van der Waals surface area contributed by atoms with Gasteiger partial charge in [-0.3, -0.25) is 0 Å². The highest BCUT2D eigenvalue weighted by Gasteiger charge is 2.13. The second-order valence-corrected chi connectivity index (χ2v) is 3.74. The summed E-state index contributed by atoms with van der Waals surface area (Å²) >= 11 is 0. The van der Waals surface area contributed by atoms with E-state index in [1.165, 1.54) is 6.07 Å². The first-order valence-corrected chi connectivity index (χ1v) is 5.32. The Hall–Kier alpha value is -1.94. The van der Waals surface area contributed by atoms with E-state index in [1.54, 1.807) is 37.3 Å². The first-order valence-electron chi connectivity index (χ1n) is 5.32. The molecule has 0 radical (unpaired) electrons. The molecule has 1 heterocycles. The summed E-state index contributed by atoms with van der Waals surface area (Å²) in [6, 6.07) is 10.1. The smallest absolute Gasteiger partial charge is 0.161 e. The number of hydrogen-bond acceptors (Lipinski definition) is 4. The molecule has 0 fully saturated rings. The maximum Gasteiger partial charge on any atom is 0.161 e. The molecule has 1 atom stereocenters. The molecule has 4 heteroatoms. The van der Waals surface area contributed by atoms with Crippen LogP contribution >= 0.6 is 0 Å². The van der Waals surface area contributed by atoms with Gasteiger partial charge >= 0.3 is 0 Å². The normalized spacial score (nSPS) is 12.4. The largest absolute Gasteiger partial charge is 0.504 e. The van der Waals surface area contributed by atoms with Crippen molar-refractivity contribution in [3.05, 3.63) is 47.9 Å². The molecule has 0 saturated heterocycles. The van der Waals surface area contributed by atoms with Crippen molar-refractivity contribution in [1.82, 2.24) is 0 Å². The van der Waals surface area contributed by atoms with Gasteiger partial charge in [0.05, 0.1) is 0 Å². The van der Waals surface area contributed by atoms with Gasteiger partial charge in [-0.15, -0.1) is 0 Å². The molecule has 1 aromatic carbocycles. The van der Waals surface area contributed by atoms with E-state index >= 15 is 0 Å². The zero-order chi connectivity index (χ0) is 12.3. The standard InChI is InChI=1S/C13H14O4/c1-9-6-7-13(17-9)11(15)8-16-12-5-3-2-4-10(12)14/h2-7,11,14-15H,8H2,1H3. The van der Waals surface area contributed by atoms with Crippen molar-refractivity contribution >= 4 is 0 Å². The predicted molar refractivity (Wildman–Crippen MR) is 62.0 cm³/mol. The molecule has 17 heavy (non-hydrogen) atoms. The van der Waals surface area contributed by atoms with Crippen molar-refractivity contribution in [2.24, 2.45) is 0 Å². The topological polar surface area (TPSA) is 62.8 Å². The lowest BCUT2D eigenvalue weighted by atomic mass is 10.3. The molecule has 0 aliphatic rings. The lowest BCUT2D eigenvalue weighted by Crippen LogP contribution is -2.08. The van der Waals surface area contributed by atoms with Gasteiger partial charge in [-0.05, 0) is 31.2 Å². The van der Waals surface area contributed by atoms with Crippen molar-refractivity contribution in [3.8, 4) is 11.5 Å². The van der Waals surface area contributed by atoms with Crippen LogP contribution in [0.15, 0.2) is 40.8 Å². The van der Waals surface area contributed by atoms with Gasteiger partial charge in [0.25, 0.3) is 0 Å². The van der Waals surface area contributed by atoms with Crippen molar-refractivity contribution in [1.29, 1.82) is 0 Å². The number of aliphatic hydroxyl groups is 1. The van der Waals surface area contributed by atoms with Crippen LogP contribution in [0.4, 0.5) is 0 Å². The molecule has 0 bridgehead atoms. The highest BCUT2D eigenvalue weighted by Crippen LogP contribution is 2.26. The van der Waals surface area contributed by atoms with Gasteiger partial charge in [-0.1, -0.05) is 12.1 Å². The van der Waals surface area contributed by atoms with Gasteiger partial charge in [0.1, 0.15) is 24.2 Å². The molecular formula is C13H14O4. The third-order valence-electron chi connectivity index (χ3n) is 2.35. The minimum atomic E-state index is -0.844. The van der Waals surface area contributed by atoms with Gasteiger partial charge in [0.15, 0.2) is 11.5 Å². The van der Waals surface area contributed by atoms with Crippen molar-refractivity contribution in [2.75, 3.05) is 6.61 Å². The van der Waals surface area contributed by atoms with E-state index in [1.807, 2.05) is 0 Å². The first-order chi connectivity index (χ1) is 8.16. The SMILES string of the molecule is Cc1ccc(C(O)COc2ccccc2O)o1. The number of hydrogen-bond donors (Lipinski definition) is 2. The van der Waals surface area contributed by atoms with Crippen LogP contribution in [0.1, 0.15) is 17.6 Å². The molecule has 2 N–H and O–H groups in total. The number of phenolic OH excluding ortho intramolecular Hbond substituents is 1. The van der Waals surface area contributed by atoms with E-state index in [0.29, 0.717) is 11.5 Å². The molecule has 0 aliphatic heterocycles. The van der Waals surface area contributed by atoms with E-state index in [-0.39, 0.29) is 12.4 Å². The van der Waals surface area contributed by atoms with Crippen LogP contribution in [0.25, 0.3) is 0 Å². The summed E-state index contributed by atoms with van der Waals surface area (Å²) in [7, 11) is 0. The maximum absolute atomic E-state index is 9.79. The average Bonchev–Trinajstić information content (AvgIpc) is 2.74. The van der Waals surface area contributed by atoms with Crippen LogP contribution in [-0.4, -0.2) is 16.8 Å². The van der Waals surface area contributed by atoms with Crippen LogP contribution in [0.2, 0.25) is 0 Å². The third-order valence-corrected chi connectivity index (χ3v) is 2.35. The van der Waals surface area contributed by atoms with E-state index in [9.17, 15) is 10.2 Å².